The number of rotatable bonds is 9. The molecule has 1 N–H and O–H groups in total. The summed E-state index contributed by atoms with van der Waals surface area (Å²) in [6.45, 7) is 0.945. The van der Waals surface area contributed by atoms with E-state index in [9.17, 15) is 4.79 Å². The molecule has 7 heteroatoms. The van der Waals surface area contributed by atoms with Crippen molar-refractivity contribution in [3.8, 4) is 0 Å². The van der Waals surface area contributed by atoms with Crippen LogP contribution < -0.4 is 0 Å². The van der Waals surface area contributed by atoms with Crippen molar-refractivity contribution in [1.29, 1.82) is 0 Å². The number of unbranched alkanes of at least 4 members (excludes halogenated alkanes) is 1. The van der Waals surface area contributed by atoms with Crippen molar-refractivity contribution in [2.45, 2.75) is 25.8 Å². The summed E-state index contributed by atoms with van der Waals surface area (Å²) in [7, 11) is 0. The van der Waals surface area contributed by atoms with Crippen LogP contribution in [0.2, 0.25) is 0 Å². The second-order valence-electron chi connectivity index (χ2n) is 4.97. The molecular weight excluding hydrogens is 362 g/mol. The van der Waals surface area contributed by atoms with E-state index in [0.717, 1.165) is 15.7 Å². The van der Waals surface area contributed by atoms with Gasteiger partial charge in [-0.15, -0.1) is 0 Å². The number of halogens is 1. The van der Waals surface area contributed by atoms with Gasteiger partial charge in [0.05, 0.1) is 12.9 Å². The van der Waals surface area contributed by atoms with E-state index in [2.05, 4.69) is 26.1 Å². The van der Waals surface area contributed by atoms with Gasteiger partial charge < -0.3 is 14.5 Å². The Balaban J connectivity index is 1.98. The minimum absolute atomic E-state index is 0.153. The third-order valence-corrected chi connectivity index (χ3v) is 3.59. The number of aliphatic carboxylic acids is 1. The zero-order valence-electron chi connectivity index (χ0n) is 12.6. The van der Waals surface area contributed by atoms with Crippen molar-refractivity contribution < 1.29 is 14.7 Å². The Morgan fingerprint density at radius 2 is 2.26 bits per heavy atom. The molecule has 0 unspecified atom stereocenters. The molecule has 0 aliphatic carbocycles. The molecule has 0 fully saturated rings. The smallest absolute Gasteiger partial charge is 0.303 e. The molecule has 2 rings (SSSR count). The lowest BCUT2D eigenvalue weighted by atomic mass is 10.1. The zero-order valence-corrected chi connectivity index (χ0v) is 14.1. The molecule has 0 spiro atoms. The van der Waals surface area contributed by atoms with Gasteiger partial charge in [0.25, 0.3) is 0 Å². The summed E-state index contributed by atoms with van der Waals surface area (Å²) in [5.74, 6) is -0.788. The Morgan fingerprint density at radius 3 is 2.96 bits per heavy atom. The summed E-state index contributed by atoms with van der Waals surface area (Å²) in [5, 5.41) is 12.8. The number of benzene rings is 1. The predicted molar refractivity (Wildman–Crippen MR) is 90.3 cm³/mol. The van der Waals surface area contributed by atoms with E-state index in [0.29, 0.717) is 26.0 Å². The molecule has 0 amide bonds. The van der Waals surface area contributed by atoms with Crippen LogP contribution in [0.15, 0.2) is 52.6 Å². The summed E-state index contributed by atoms with van der Waals surface area (Å²) in [4.78, 5) is 19.8. The molecule has 0 saturated heterocycles. The quantitative estimate of drug-likeness (QED) is 0.411. The van der Waals surface area contributed by atoms with Crippen molar-refractivity contribution in [3.05, 3.63) is 53.0 Å². The Morgan fingerprint density at radius 1 is 1.39 bits per heavy atom. The number of carboxylic acid groups (broad SMARTS) is 1. The summed E-state index contributed by atoms with van der Waals surface area (Å²) < 4.78 is 2.88. The Kier molecular flexibility index (Phi) is 6.80. The van der Waals surface area contributed by atoms with Crippen LogP contribution in [0.1, 0.15) is 24.8 Å². The number of oxime groups is 1. The average Bonchev–Trinajstić information content (AvgIpc) is 3.02. The number of nitrogens with zero attached hydrogens (tertiary/aromatic N) is 3. The molecular formula is C16H18BrN3O3. The molecule has 0 atom stereocenters. The van der Waals surface area contributed by atoms with Gasteiger partial charge in [0.15, 0.2) is 0 Å². The first kappa shape index (κ1) is 17.2. The monoisotopic (exact) mass is 379 g/mol. The van der Waals surface area contributed by atoms with Gasteiger partial charge in [0.2, 0.25) is 0 Å². The first-order chi connectivity index (χ1) is 11.1. The van der Waals surface area contributed by atoms with Gasteiger partial charge in [-0.05, 0) is 25.0 Å². The Bertz CT molecular complexity index is 656. The van der Waals surface area contributed by atoms with E-state index in [1.807, 2.05) is 35.0 Å². The van der Waals surface area contributed by atoms with Crippen LogP contribution in [0.25, 0.3) is 0 Å². The van der Waals surface area contributed by atoms with Crippen molar-refractivity contribution >= 4 is 27.6 Å². The van der Waals surface area contributed by atoms with E-state index in [4.69, 9.17) is 9.94 Å². The molecule has 23 heavy (non-hydrogen) atoms. The largest absolute Gasteiger partial charge is 0.481 e. The summed E-state index contributed by atoms with van der Waals surface area (Å²) in [5.41, 5.74) is 1.74. The highest BCUT2D eigenvalue weighted by atomic mass is 79.9. The number of aromatic nitrogens is 2. The van der Waals surface area contributed by atoms with Crippen LogP contribution in [0.4, 0.5) is 0 Å². The first-order valence-corrected chi connectivity index (χ1v) is 8.07. The number of hydrogen-bond donors (Lipinski definition) is 1. The molecule has 0 aliphatic heterocycles. The van der Waals surface area contributed by atoms with E-state index < -0.39 is 5.97 Å². The fourth-order valence-corrected chi connectivity index (χ4v) is 2.36. The van der Waals surface area contributed by atoms with Crippen molar-refractivity contribution in [1.82, 2.24) is 9.55 Å². The van der Waals surface area contributed by atoms with E-state index in [1.54, 1.807) is 12.5 Å². The minimum atomic E-state index is -0.788. The highest BCUT2D eigenvalue weighted by Gasteiger charge is 2.07. The van der Waals surface area contributed by atoms with Crippen molar-refractivity contribution in [2.75, 3.05) is 6.61 Å². The van der Waals surface area contributed by atoms with Gasteiger partial charge in [0, 0.05) is 28.9 Å². The molecule has 0 radical (unpaired) electrons. The Labute approximate surface area is 142 Å². The lowest BCUT2D eigenvalue weighted by Gasteiger charge is -2.08. The van der Waals surface area contributed by atoms with Gasteiger partial charge in [-0.25, -0.2) is 4.98 Å². The maximum Gasteiger partial charge on any atom is 0.303 e. The number of carboxylic acids is 1. The highest BCUT2D eigenvalue weighted by molar-refractivity contribution is 9.10. The topological polar surface area (TPSA) is 76.7 Å². The fourth-order valence-electron chi connectivity index (χ4n) is 1.96. The number of carbonyl (C=O) groups is 1. The molecule has 0 bridgehead atoms. The third kappa shape index (κ3) is 6.23. The van der Waals surface area contributed by atoms with Gasteiger partial charge in [-0.3, -0.25) is 4.79 Å². The van der Waals surface area contributed by atoms with Crippen LogP contribution in [0.3, 0.4) is 0 Å². The van der Waals surface area contributed by atoms with Gasteiger partial charge >= 0.3 is 5.97 Å². The zero-order chi connectivity index (χ0) is 16.5. The van der Waals surface area contributed by atoms with Crippen LogP contribution in [0.5, 0.6) is 0 Å². The second-order valence-corrected chi connectivity index (χ2v) is 5.88. The second kappa shape index (κ2) is 9.09. The van der Waals surface area contributed by atoms with Crippen LogP contribution >= 0.6 is 15.9 Å². The molecule has 6 nitrogen and oxygen atoms in total. The molecule has 1 heterocycles. The standard InChI is InChI=1S/C16H18BrN3O3/c17-14-5-3-4-13(10-14)15(11-20-8-7-18-12-20)19-23-9-2-1-6-16(21)22/h3-5,7-8,10,12H,1-2,6,9,11H2,(H,21,22). The van der Waals surface area contributed by atoms with Crippen LogP contribution in [0, 0.1) is 0 Å². The lowest BCUT2D eigenvalue weighted by Crippen LogP contribution is -2.11. The minimum Gasteiger partial charge on any atom is -0.481 e. The predicted octanol–water partition coefficient (Wildman–Crippen LogP) is 3.32. The van der Waals surface area contributed by atoms with E-state index >= 15 is 0 Å². The molecule has 0 aliphatic rings. The summed E-state index contributed by atoms with van der Waals surface area (Å²) in [6, 6.07) is 7.83. The maximum atomic E-state index is 10.5. The van der Waals surface area contributed by atoms with Crippen molar-refractivity contribution in [3.63, 3.8) is 0 Å². The summed E-state index contributed by atoms with van der Waals surface area (Å²) >= 11 is 3.45. The van der Waals surface area contributed by atoms with Gasteiger partial charge in [-0.1, -0.05) is 33.2 Å². The van der Waals surface area contributed by atoms with Crippen molar-refractivity contribution in [2.24, 2.45) is 5.16 Å². The molecule has 122 valence electrons. The molecule has 0 saturated carbocycles. The lowest BCUT2D eigenvalue weighted by molar-refractivity contribution is -0.137. The number of imidazole rings is 1. The molecule has 1 aromatic heterocycles. The van der Waals surface area contributed by atoms with Gasteiger partial charge in [-0.2, -0.15) is 0 Å². The molecule has 1 aromatic carbocycles. The van der Waals surface area contributed by atoms with Crippen LogP contribution in [-0.2, 0) is 16.2 Å². The SMILES string of the molecule is O=C(O)CCCCON=C(Cn1ccnc1)c1cccc(Br)c1. The molecule has 2 aromatic rings. The van der Waals surface area contributed by atoms with Crippen LogP contribution in [-0.4, -0.2) is 32.9 Å². The number of hydrogen-bond acceptors (Lipinski definition) is 4. The van der Waals surface area contributed by atoms with E-state index in [1.165, 1.54) is 0 Å². The maximum absolute atomic E-state index is 10.5. The Hall–Kier alpha value is -2.15. The normalized spacial score (nSPS) is 11.4. The fraction of sp³-hybridized carbons (Fsp3) is 0.312. The first-order valence-electron chi connectivity index (χ1n) is 7.27. The summed E-state index contributed by atoms with van der Waals surface area (Å²) in [6.07, 6.45) is 6.69. The third-order valence-electron chi connectivity index (χ3n) is 3.10. The highest BCUT2D eigenvalue weighted by Crippen LogP contribution is 2.14. The van der Waals surface area contributed by atoms with Gasteiger partial charge in [0.1, 0.15) is 12.3 Å². The average molecular weight is 380 g/mol. The van der Waals surface area contributed by atoms with E-state index in [-0.39, 0.29) is 6.42 Å².